The van der Waals surface area contributed by atoms with E-state index in [0.717, 1.165) is 38.9 Å². The van der Waals surface area contributed by atoms with Gasteiger partial charge in [-0.25, -0.2) is 29.3 Å². The first-order valence-corrected chi connectivity index (χ1v) is 23.7. The first-order chi connectivity index (χ1) is 37.8. The van der Waals surface area contributed by atoms with Crippen LogP contribution in [-0.4, -0.2) is 14.5 Å². The van der Waals surface area contributed by atoms with Crippen LogP contribution in [-0.2, 0) is 0 Å². The summed E-state index contributed by atoms with van der Waals surface area (Å²) in [6, 6.07) is 66.6. The molecule has 11 nitrogen and oxygen atoms in total. The monoisotopic (exact) mass is 977 g/mol. The van der Waals surface area contributed by atoms with Crippen molar-refractivity contribution in [2.75, 3.05) is 0 Å². The number of fused-ring (bicyclic) bond motifs is 3. The van der Waals surface area contributed by atoms with E-state index in [4.69, 9.17) is 36.3 Å². The molecular weight excluding hydrogens is 947 g/mol. The summed E-state index contributed by atoms with van der Waals surface area (Å²) in [4.78, 5) is 25.1. The van der Waals surface area contributed by atoms with Crippen LogP contribution in [0.2, 0.25) is 0 Å². The Morgan fingerprint density at radius 3 is 1.39 bits per heavy atom. The molecule has 0 aliphatic rings. The van der Waals surface area contributed by atoms with Gasteiger partial charge in [0.05, 0.1) is 89.8 Å². The molecular formula is C66H31N11. The average molecular weight is 978 g/mol. The van der Waals surface area contributed by atoms with Crippen molar-refractivity contribution in [1.82, 2.24) is 14.5 Å². The lowest BCUT2D eigenvalue weighted by Crippen LogP contribution is -2.03. The largest absolute Gasteiger partial charge is 0.308 e. The van der Waals surface area contributed by atoms with Crippen LogP contribution in [0.25, 0.3) is 125 Å². The van der Waals surface area contributed by atoms with Gasteiger partial charge in [-0.2, -0.15) is 21.0 Å². The molecule has 350 valence electrons. The third kappa shape index (κ3) is 8.45. The molecule has 0 bridgehead atoms. The summed E-state index contributed by atoms with van der Waals surface area (Å²) in [5.41, 5.74) is 12.6. The van der Waals surface area contributed by atoms with Crippen LogP contribution in [0, 0.1) is 71.6 Å². The molecule has 0 unspecified atom stereocenters. The van der Waals surface area contributed by atoms with Gasteiger partial charge < -0.3 is 4.57 Å². The zero-order valence-electron chi connectivity index (χ0n) is 40.3. The predicted octanol–water partition coefficient (Wildman–Crippen LogP) is 16.9. The standard InChI is InChI=1S/C66H31N11/c1-71-51-23-19-43(20-24-51)54-33-48(58-35-57(44-11-7-5-8-12-44)75-66(76-58)45-13-9-6-10-14-45)32-53(42-17-15-40(36-67)16-18-42)65(54)77-61-25-21-46(63-49(38-69)27-41(37-68)28-59(63)73-3)30-55(61)56-31-47(22-26-62(56)77)64-50(39-70)29-52(72-2)34-60(64)74-4/h5-35H. The molecule has 0 saturated carbocycles. The number of nitrogens with zero attached hydrogens (tertiary/aromatic N) is 11. The van der Waals surface area contributed by atoms with Crippen molar-refractivity contribution in [3.8, 4) is 108 Å². The van der Waals surface area contributed by atoms with Crippen LogP contribution < -0.4 is 0 Å². The van der Waals surface area contributed by atoms with Crippen molar-refractivity contribution < 1.29 is 0 Å². The first-order valence-electron chi connectivity index (χ1n) is 23.7. The third-order valence-corrected chi connectivity index (χ3v) is 13.4. The second-order valence-corrected chi connectivity index (χ2v) is 17.7. The van der Waals surface area contributed by atoms with Gasteiger partial charge in [-0.15, -0.1) is 0 Å². The molecule has 0 N–H and O–H groups in total. The van der Waals surface area contributed by atoms with Crippen LogP contribution in [0.1, 0.15) is 22.3 Å². The highest BCUT2D eigenvalue weighted by molar-refractivity contribution is 6.14. The predicted molar refractivity (Wildman–Crippen MR) is 298 cm³/mol. The van der Waals surface area contributed by atoms with Gasteiger partial charge in [0.25, 0.3) is 0 Å². The van der Waals surface area contributed by atoms with E-state index in [1.807, 2.05) is 127 Å². The Morgan fingerprint density at radius 2 is 0.870 bits per heavy atom. The van der Waals surface area contributed by atoms with E-state index in [-0.39, 0.29) is 33.8 Å². The van der Waals surface area contributed by atoms with Crippen molar-refractivity contribution in [2.24, 2.45) is 0 Å². The van der Waals surface area contributed by atoms with E-state index in [0.29, 0.717) is 78.2 Å². The van der Waals surface area contributed by atoms with E-state index in [1.165, 1.54) is 24.3 Å². The van der Waals surface area contributed by atoms with Crippen LogP contribution >= 0.6 is 0 Å². The molecule has 0 saturated heterocycles. The normalized spacial score (nSPS) is 10.5. The number of hydrogen-bond donors (Lipinski definition) is 0. The molecule has 11 heteroatoms. The van der Waals surface area contributed by atoms with Crippen molar-refractivity contribution in [3.63, 3.8) is 0 Å². The van der Waals surface area contributed by atoms with Gasteiger partial charge in [-0.05, 0) is 95.1 Å². The fourth-order valence-electron chi connectivity index (χ4n) is 9.87. The van der Waals surface area contributed by atoms with E-state index >= 15 is 0 Å². The second-order valence-electron chi connectivity index (χ2n) is 17.7. The molecule has 2 aromatic heterocycles. The number of aromatic nitrogens is 3. The molecule has 0 fully saturated rings. The Bertz CT molecular complexity index is 4270. The minimum atomic E-state index is 0.129. The quantitative estimate of drug-likeness (QED) is 0.139. The molecule has 11 aromatic rings. The Kier molecular flexibility index (Phi) is 12.1. The van der Waals surface area contributed by atoms with Crippen molar-refractivity contribution in [3.05, 3.63) is 256 Å². The summed E-state index contributed by atoms with van der Waals surface area (Å²) in [6.07, 6.45) is 0. The van der Waals surface area contributed by atoms with Crippen molar-refractivity contribution in [1.29, 1.82) is 21.0 Å². The Morgan fingerprint density at radius 1 is 0.377 bits per heavy atom. The third-order valence-electron chi connectivity index (χ3n) is 13.4. The Labute approximate surface area is 442 Å². The van der Waals surface area contributed by atoms with Crippen LogP contribution in [0.3, 0.4) is 0 Å². The van der Waals surface area contributed by atoms with E-state index < -0.39 is 0 Å². The molecule has 0 spiro atoms. The zero-order valence-corrected chi connectivity index (χ0v) is 40.3. The van der Waals surface area contributed by atoms with Gasteiger partial charge in [0.2, 0.25) is 0 Å². The van der Waals surface area contributed by atoms with Crippen molar-refractivity contribution in [2.45, 2.75) is 0 Å². The topological polar surface area (TPSA) is 143 Å². The van der Waals surface area contributed by atoms with Gasteiger partial charge >= 0.3 is 0 Å². The fraction of sp³-hybridized carbons (Fsp3) is 0. The summed E-state index contributed by atoms with van der Waals surface area (Å²) in [5.74, 6) is 0.524. The molecule has 0 atom stereocenters. The summed E-state index contributed by atoms with van der Waals surface area (Å²) in [5, 5.41) is 42.2. The highest BCUT2D eigenvalue weighted by Crippen LogP contribution is 2.48. The maximum atomic E-state index is 10.5. The van der Waals surface area contributed by atoms with E-state index in [9.17, 15) is 21.0 Å². The Balaban J connectivity index is 1.29. The van der Waals surface area contributed by atoms with Gasteiger partial charge in [0.1, 0.15) is 0 Å². The molecule has 0 aliphatic carbocycles. The van der Waals surface area contributed by atoms with Crippen LogP contribution in [0.5, 0.6) is 0 Å². The number of benzene rings is 9. The van der Waals surface area contributed by atoms with Crippen molar-refractivity contribution >= 4 is 44.6 Å². The maximum Gasteiger partial charge on any atom is 0.197 e. The minimum Gasteiger partial charge on any atom is -0.308 e. The summed E-state index contributed by atoms with van der Waals surface area (Å²) >= 11 is 0. The van der Waals surface area contributed by atoms with Crippen LogP contribution in [0.4, 0.5) is 22.7 Å². The number of nitriles is 4. The van der Waals surface area contributed by atoms with Gasteiger partial charge in [-0.3, -0.25) is 0 Å². The molecule has 11 rings (SSSR count). The maximum absolute atomic E-state index is 10.5. The van der Waals surface area contributed by atoms with Gasteiger partial charge in [-0.1, -0.05) is 115 Å². The molecule has 0 aliphatic heterocycles. The fourth-order valence-corrected chi connectivity index (χ4v) is 9.87. The summed E-state index contributed by atoms with van der Waals surface area (Å²) in [7, 11) is 0. The molecule has 0 radical (unpaired) electrons. The second kappa shape index (κ2) is 19.8. The smallest absolute Gasteiger partial charge is 0.197 e. The zero-order chi connectivity index (χ0) is 53.2. The van der Waals surface area contributed by atoms with E-state index in [2.05, 4.69) is 60.4 Å². The lowest BCUT2D eigenvalue weighted by atomic mass is 9.91. The van der Waals surface area contributed by atoms with Crippen LogP contribution in [0.15, 0.2) is 188 Å². The lowest BCUT2D eigenvalue weighted by molar-refractivity contribution is 1.17. The highest BCUT2D eigenvalue weighted by atomic mass is 15.0. The lowest BCUT2D eigenvalue weighted by Gasteiger charge is -2.21. The molecule has 9 aromatic carbocycles. The highest BCUT2D eigenvalue weighted by Gasteiger charge is 2.25. The molecule has 77 heavy (non-hydrogen) atoms. The average Bonchev–Trinajstić information content (AvgIpc) is 3.84. The minimum absolute atomic E-state index is 0.129. The summed E-state index contributed by atoms with van der Waals surface area (Å²) < 4.78 is 2.14. The van der Waals surface area contributed by atoms with Gasteiger partial charge in [0.15, 0.2) is 28.6 Å². The first kappa shape index (κ1) is 47.1. The SMILES string of the molecule is [C-]#[N+]c1ccc(-c2cc(-c3cc(-c4ccccc4)nc(-c4ccccc4)n3)cc(-c3ccc(C#N)cc3)c2-n2c3ccc(-c4c(C#N)cc(C#N)cc4[N+]#[C-])cc3c3cc(-c4c(C#N)cc([N+]#[C-])cc4[N+]#[C-])ccc32)cc1. The summed E-state index contributed by atoms with van der Waals surface area (Å²) in [6.45, 7) is 31.9. The number of hydrogen-bond acceptors (Lipinski definition) is 6. The molecule has 0 amide bonds. The Hall–Kier alpha value is -12.2. The van der Waals surface area contributed by atoms with Gasteiger partial charge in [0, 0.05) is 60.8 Å². The van der Waals surface area contributed by atoms with E-state index in [1.54, 1.807) is 24.3 Å². The molecule has 2 heterocycles. The number of rotatable bonds is 8.